The number of rotatable bonds is 8. The molecule has 1 aliphatic rings. The third-order valence-electron chi connectivity index (χ3n) is 4.67. The molecule has 146 valence electrons. The first kappa shape index (κ1) is 20.7. The van der Waals surface area contributed by atoms with Crippen molar-refractivity contribution in [3.63, 3.8) is 0 Å². The molecule has 0 radical (unpaired) electrons. The standard InChI is InChI=1S/C19H30N2O4S/c1-3-4-7-12-20-19(22)16-10-11-17(25-2)18(15-16)26(23,24)21-13-8-5-6-9-14-21/h10-11,15H,3-9,12-14H2,1-2H3,(H,20,22). The van der Waals surface area contributed by atoms with Gasteiger partial charge >= 0.3 is 0 Å². The molecular formula is C19H30N2O4S. The van der Waals surface area contributed by atoms with Gasteiger partial charge in [0.2, 0.25) is 10.0 Å². The minimum Gasteiger partial charge on any atom is -0.495 e. The number of carbonyl (C=O) groups is 1. The molecule has 1 aromatic rings. The van der Waals surface area contributed by atoms with Crippen LogP contribution < -0.4 is 10.1 Å². The summed E-state index contributed by atoms with van der Waals surface area (Å²) in [5.74, 6) is 0.0212. The van der Waals surface area contributed by atoms with E-state index in [2.05, 4.69) is 12.2 Å². The van der Waals surface area contributed by atoms with Crippen molar-refractivity contribution in [1.82, 2.24) is 9.62 Å². The van der Waals surface area contributed by atoms with Crippen molar-refractivity contribution in [3.05, 3.63) is 23.8 Å². The zero-order valence-corrected chi connectivity index (χ0v) is 16.6. The van der Waals surface area contributed by atoms with Gasteiger partial charge in [-0.3, -0.25) is 4.79 Å². The zero-order valence-electron chi connectivity index (χ0n) is 15.8. The van der Waals surface area contributed by atoms with Crippen LogP contribution in [-0.4, -0.2) is 45.4 Å². The second-order valence-corrected chi connectivity index (χ2v) is 8.55. The van der Waals surface area contributed by atoms with Crippen molar-refractivity contribution in [3.8, 4) is 5.75 Å². The largest absolute Gasteiger partial charge is 0.495 e. The van der Waals surface area contributed by atoms with Crippen molar-refractivity contribution >= 4 is 15.9 Å². The highest BCUT2D eigenvalue weighted by atomic mass is 32.2. The minimum absolute atomic E-state index is 0.0723. The molecule has 0 spiro atoms. The Kier molecular flexibility index (Phi) is 7.90. The van der Waals surface area contributed by atoms with Crippen LogP contribution in [0.3, 0.4) is 0 Å². The average Bonchev–Trinajstić information content (AvgIpc) is 2.94. The Bertz CT molecular complexity index is 695. The van der Waals surface area contributed by atoms with Crippen LogP contribution in [-0.2, 0) is 10.0 Å². The van der Waals surface area contributed by atoms with Crippen LogP contribution in [0, 0.1) is 0 Å². The van der Waals surface area contributed by atoms with Gasteiger partial charge in [0.15, 0.2) is 0 Å². The molecule has 0 unspecified atom stereocenters. The number of benzene rings is 1. The molecule has 1 amide bonds. The molecule has 1 aromatic carbocycles. The Morgan fingerprint density at radius 1 is 1.15 bits per heavy atom. The highest BCUT2D eigenvalue weighted by molar-refractivity contribution is 7.89. The second-order valence-electron chi connectivity index (χ2n) is 6.65. The smallest absolute Gasteiger partial charge is 0.251 e. The topological polar surface area (TPSA) is 75.7 Å². The fraction of sp³-hybridized carbons (Fsp3) is 0.632. The van der Waals surface area contributed by atoms with Crippen molar-refractivity contribution in [2.45, 2.75) is 56.8 Å². The van der Waals surface area contributed by atoms with Crippen molar-refractivity contribution < 1.29 is 17.9 Å². The van der Waals surface area contributed by atoms with E-state index in [9.17, 15) is 13.2 Å². The molecule has 26 heavy (non-hydrogen) atoms. The first-order valence-corrected chi connectivity index (χ1v) is 10.9. The molecule has 0 aromatic heterocycles. The van der Waals surface area contributed by atoms with Crippen molar-refractivity contribution in [1.29, 1.82) is 0 Å². The van der Waals surface area contributed by atoms with Gasteiger partial charge in [-0.2, -0.15) is 4.31 Å². The van der Waals surface area contributed by atoms with Crippen LogP contribution in [0.4, 0.5) is 0 Å². The van der Waals surface area contributed by atoms with E-state index >= 15 is 0 Å². The Hall–Kier alpha value is -1.60. The van der Waals surface area contributed by atoms with Crippen molar-refractivity contribution in [2.24, 2.45) is 0 Å². The first-order chi connectivity index (χ1) is 12.5. The summed E-state index contributed by atoms with van der Waals surface area (Å²) in [5.41, 5.74) is 0.343. The van der Waals surface area contributed by atoms with E-state index in [1.165, 1.54) is 17.5 Å². The summed E-state index contributed by atoms with van der Waals surface area (Å²) >= 11 is 0. The lowest BCUT2D eigenvalue weighted by atomic mass is 10.2. The molecule has 1 aliphatic heterocycles. The highest BCUT2D eigenvalue weighted by Crippen LogP contribution is 2.29. The predicted octanol–water partition coefficient (Wildman–Crippen LogP) is 3.18. The molecule has 2 rings (SSSR count). The molecule has 1 saturated heterocycles. The number of methoxy groups -OCH3 is 1. The highest BCUT2D eigenvalue weighted by Gasteiger charge is 2.29. The van der Waals surface area contributed by atoms with Crippen LogP contribution in [0.2, 0.25) is 0 Å². The van der Waals surface area contributed by atoms with Gasteiger partial charge in [0.05, 0.1) is 7.11 Å². The van der Waals surface area contributed by atoms with Crippen LogP contribution in [0.25, 0.3) is 0 Å². The number of unbranched alkanes of at least 4 members (excludes halogenated alkanes) is 2. The van der Waals surface area contributed by atoms with Crippen LogP contribution >= 0.6 is 0 Å². The SMILES string of the molecule is CCCCCNC(=O)c1ccc(OC)c(S(=O)(=O)N2CCCCCC2)c1. The summed E-state index contributed by atoms with van der Waals surface area (Å²) in [6.07, 6.45) is 6.86. The van der Waals surface area contributed by atoms with Crippen LogP contribution in [0.1, 0.15) is 62.2 Å². The molecule has 0 aliphatic carbocycles. The molecule has 1 fully saturated rings. The molecule has 1 heterocycles. The van der Waals surface area contributed by atoms with Gasteiger partial charge in [-0.15, -0.1) is 0 Å². The third-order valence-corrected chi connectivity index (χ3v) is 6.59. The lowest BCUT2D eigenvalue weighted by Gasteiger charge is -2.21. The van der Waals surface area contributed by atoms with E-state index in [0.29, 0.717) is 25.2 Å². The van der Waals surface area contributed by atoms with Gasteiger partial charge in [0.1, 0.15) is 10.6 Å². The van der Waals surface area contributed by atoms with E-state index in [4.69, 9.17) is 4.74 Å². The van der Waals surface area contributed by atoms with E-state index in [1.54, 1.807) is 12.1 Å². The number of carbonyl (C=O) groups excluding carboxylic acids is 1. The Labute approximate surface area is 157 Å². The van der Waals surface area contributed by atoms with Gasteiger partial charge in [0, 0.05) is 25.2 Å². The fourth-order valence-corrected chi connectivity index (χ4v) is 4.82. The van der Waals surface area contributed by atoms with Gasteiger partial charge in [-0.1, -0.05) is 32.6 Å². The molecule has 1 N–H and O–H groups in total. The molecule has 0 saturated carbocycles. The first-order valence-electron chi connectivity index (χ1n) is 9.47. The zero-order chi connectivity index (χ0) is 19.0. The Morgan fingerprint density at radius 3 is 2.46 bits per heavy atom. The summed E-state index contributed by atoms with van der Waals surface area (Å²) in [6, 6.07) is 4.61. The number of nitrogens with one attached hydrogen (secondary N) is 1. The minimum atomic E-state index is -3.68. The van der Waals surface area contributed by atoms with Crippen molar-refractivity contribution in [2.75, 3.05) is 26.7 Å². The second kappa shape index (κ2) is 9.92. The molecular weight excluding hydrogens is 352 g/mol. The van der Waals surface area contributed by atoms with Crippen LogP contribution in [0.15, 0.2) is 23.1 Å². The fourth-order valence-electron chi connectivity index (χ4n) is 3.12. The maximum absolute atomic E-state index is 13.1. The summed E-state index contributed by atoms with van der Waals surface area (Å²) in [5, 5.41) is 2.85. The van der Waals surface area contributed by atoms with Crippen LogP contribution in [0.5, 0.6) is 5.75 Å². The van der Waals surface area contributed by atoms with Gasteiger partial charge in [-0.25, -0.2) is 8.42 Å². The summed E-state index contributed by atoms with van der Waals surface area (Å²) in [4.78, 5) is 12.4. The monoisotopic (exact) mass is 382 g/mol. The average molecular weight is 383 g/mol. The lowest BCUT2D eigenvalue weighted by Crippen LogP contribution is -2.32. The normalized spacial score (nSPS) is 16.1. The molecule has 0 atom stereocenters. The number of ether oxygens (including phenoxy) is 1. The Balaban J connectivity index is 2.24. The number of amides is 1. The van der Waals surface area contributed by atoms with E-state index in [1.807, 2.05) is 0 Å². The summed E-state index contributed by atoms with van der Waals surface area (Å²) in [7, 11) is -2.24. The maximum atomic E-state index is 13.1. The third kappa shape index (κ3) is 5.20. The summed E-state index contributed by atoms with van der Waals surface area (Å²) in [6.45, 7) is 3.72. The molecule has 7 heteroatoms. The van der Waals surface area contributed by atoms with E-state index in [0.717, 1.165) is 44.9 Å². The van der Waals surface area contributed by atoms with Gasteiger partial charge in [0.25, 0.3) is 5.91 Å². The predicted molar refractivity (Wildman–Crippen MR) is 102 cm³/mol. The molecule has 0 bridgehead atoms. The number of hydrogen-bond acceptors (Lipinski definition) is 4. The lowest BCUT2D eigenvalue weighted by molar-refractivity contribution is 0.0952. The number of nitrogens with zero attached hydrogens (tertiary/aromatic N) is 1. The van der Waals surface area contributed by atoms with E-state index < -0.39 is 10.0 Å². The molecule has 6 nitrogen and oxygen atoms in total. The maximum Gasteiger partial charge on any atom is 0.251 e. The van der Waals surface area contributed by atoms with Gasteiger partial charge < -0.3 is 10.1 Å². The Morgan fingerprint density at radius 2 is 1.85 bits per heavy atom. The summed E-state index contributed by atoms with van der Waals surface area (Å²) < 4.78 is 33.0. The van der Waals surface area contributed by atoms with E-state index in [-0.39, 0.29) is 16.6 Å². The van der Waals surface area contributed by atoms with Gasteiger partial charge in [-0.05, 0) is 37.5 Å². The number of hydrogen-bond donors (Lipinski definition) is 1. The quantitative estimate of drug-likeness (QED) is 0.701. The number of sulfonamides is 1.